The zero-order chi connectivity index (χ0) is 15.2. The van der Waals surface area contributed by atoms with E-state index in [2.05, 4.69) is 17.6 Å². The van der Waals surface area contributed by atoms with Crippen LogP contribution in [0.15, 0.2) is 30.3 Å². The zero-order valence-electron chi connectivity index (χ0n) is 12.6. The number of carbonyl (C=O) groups is 2. The van der Waals surface area contributed by atoms with Crippen LogP contribution in [0.4, 0.5) is 0 Å². The van der Waals surface area contributed by atoms with Crippen molar-refractivity contribution in [3.8, 4) is 0 Å². The van der Waals surface area contributed by atoms with Gasteiger partial charge in [0.05, 0.1) is 12.5 Å². The Morgan fingerprint density at radius 1 is 1.38 bits per heavy atom. The number of nitrogens with one attached hydrogen (secondary N) is 2. The zero-order valence-corrected chi connectivity index (χ0v) is 12.6. The van der Waals surface area contributed by atoms with Gasteiger partial charge in [-0.2, -0.15) is 0 Å². The second kappa shape index (κ2) is 7.22. The Labute approximate surface area is 125 Å². The lowest BCUT2D eigenvalue weighted by molar-refractivity contribution is -0.133. The lowest BCUT2D eigenvalue weighted by atomic mass is 10.0. The van der Waals surface area contributed by atoms with Crippen molar-refractivity contribution in [1.82, 2.24) is 15.5 Å². The van der Waals surface area contributed by atoms with E-state index in [1.165, 1.54) is 6.92 Å². The molecule has 0 spiro atoms. The predicted octanol–water partition coefficient (Wildman–Crippen LogP) is 1.07. The van der Waals surface area contributed by atoms with Gasteiger partial charge in [0.1, 0.15) is 0 Å². The number of nitrogens with zero attached hydrogens (tertiary/aromatic N) is 1. The molecule has 2 N–H and O–H groups in total. The number of amides is 2. The van der Waals surface area contributed by atoms with E-state index >= 15 is 0 Å². The standard InChI is InChI=1S/C16H23N3O2/c1-12-11-19(9-8-17-12)16(21)10-15(18-13(2)20)14-6-4-3-5-7-14/h3-7,12,15,17H,8-11H2,1-2H3,(H,18,20). The van der Waals surface area contributed by atoms with Crippen LogP contribution in [-0.4, -0.2) is 42.4 Å². The van der Waals surface area contributed by atoms with Crippen molar-refractivity contribution in [3.05, 3.63) is 35.9 Å². The highest BCUT2D eigenvalue weighted by Gasteiger charge is 2.24. The molecule has 5 nitrogen and oxygen atoms in total. The molecule has 2 atom stereocenters. The number of hydrogen-bond acceptors (Lipinski definition) is 3. The van der Waals surface area contributed by atoms with Gasteiger partial charge in [0, 0.05) is 32.6 Å². The number of rotatable bonds is 4. The first-order valence-electron chi connectivity index (χ1n) is 7.39. The first-order chi connectivity index (χ1) is 10.1. The summed E-state index contributed by atoms with van der Waals surface area (Å²) < 4.78 is 0. The van der Waals surface area contributed by atoms with E-state index in [9.17, 15) is 9.59 Å². The van der Waals surface area contributed by atoms with Gasteiger partial charge in [0.2, 0.25) is 11.8 Å². The summed E-state index contributed by atoms with van der Waals surface area (Å²) >= 11 is 0. The highest BCUT2D eigenvalue weighted by atomic mass is 16.2. The van der Waals surface area contributed by atoms with Crippen LogP contribution in [0.5, 0.6) is 0 Å². The molecule has 1 aliphatic rings. The van der Waals surface area contributed by atoms with E-state index in [0.717, 1.165) is 25.2 Å². The summed E-state index contributed by atoms with van der Waals surface area (Å²) in [6, 6.07) is 9.69. The molecule has 2 rings (SSSR count). The molecule has 0 aromatic heterocycles. The van der Waals surface area contributed by atoms with Gasteiger partial charge in [-0.25, -0.2) is 0 Å². The molecule has 21 heavy (non-hydrogen) atoms. The molecule has 2 amide bonds. The Bertz CT molecular complexity index is 490. The third kappa shape index (κ3) is 4.56. The molecular weight excluding hydrogens is 266 g/mol. The molecule has 1 fully saturated rings. The first kappa shape index (κ1) is 15.5. The van der Waals surface area contributed by atoms with Crippen LogP contribution < -0.4 is 10.6 Å². The van der Waals surface area contributed by atoms with Gasteiger partial charge in [0.15, 0.2) is 0 Å². The van der Waals surface area contributed by atoms with Crippen molar-refractivity contribution in [3.63, 3.8) is 0 Å². The molecule has 1 saturated heterocycles. The molecule has 0 saturated carbocycles. The van der Waals surface area contributed by atoms with Gasteiger partial charge in [-0.15, -0.1) is 0 Å². The maximum Gasteiger partial charge on any atom is 0.225 e. The largest absolute Gasteiger partial charge is 0.349 e. The summed E-state index contributed by atoms with van der Waals surface area (Å²) in [6.45, 7) is 5.82. The molecule has 114 valence electrons. The fourth-order valence-corrected chi connectivity index (χ4v) is 2.65. The van der Waals surface area contributed by atoms with E-state index in [4.69, 9.17) is 0 Å². The third-order valence-corrected chi connectivity index (χ3v) is 3.68. The quantitative estimate of drug-likeness (QED) is 0.872. The van der Waals surface area contributed by atoms with Gasteiger partial charge in [-0.1, -0.05) is 30.3 Å². The van der Waals surface area contributed by atoms with Crippen LogP contribution in [0, 0.1) is 0 Å². The summed E-state index contributed by atoms with van der Waals surface area (Å²) in [5.41, 5.74) is 0.962. The number of benzene rings is 1. The van der Waals surface area contributed by atoms with Crippen LogP contribution in [0.1, 0.15) is 31.9 Å². The normalized spacial score (nSPS) is 19.9. The summed E-state index contributed by atoms with van der Waals surface area (Å²) in [5, 5.41) is 6.20. The fourth-order valence-electron chi connectivity index (χ4n) is 2.65. The minimum Gasteiger partial charge on any atom is -0.349 e. The maximum atomic E-state index is 12.5. The highest BCUT2D eigenvalue weighted by molar-refractivity contribution is 5.79. The van der Waals surface area contributed by atoms with Gasteiger partial charge < -0.3 is 15.5 Å². The van der Waals surface area contributed by atoms with E-state index in [0.29, 0.717) is 12.5 Å². The van der Waals surface area contributed by atoms with Crippen molar-refractivity contribution >= 4 is 11.8 Å². The fraction of sp³-hybridized carbons (Fsp3) is 0.500. The second-order valence-electron chi connectivity index (χ2n) is 5.56. The van der Waals surface area contributed by atoms with Gasteiger partial charge >= 0.3 is 0 Å². The van der Waals surface area contributed by atoms with Crippen molar-refractivity contribution < 1.29 is 9.59 Å². The van der Waals surface area contributed by atoms with Gasteiger partial charge in [-0.3, -0.25) is 9.59 Å². The molecular formula is C16H23N3O2. The summed E-state index contributed by atoms with van der Waals surface area (Å²) in [5.74, 6) is -0.0312. The molecule has 1 aromatic rings. The Morgan fingerprint density at radius 3 is 2.71 bits per heavy atom. The van der Waals surface area contributed by atoms with Gasteiger partial charge in [0.25, 0.3) is 0 Å². The van der Waals surface area contributed by atoms with Crippen LogP contribution >= 0.6 is 0 Å². The SMILES string of the molecule is CC(=O)NC(CC(=O)N1CCNC(C)C1)c1ccccc1. The lowest BCUT2D eigenvalue weighted by Crippen LogP contribution is -2.51. The number of hydrogen-bond donors (Lipinski definition) is 2. The van der Waals surface area contributed by atoms with Crippen molar-refractivity contribution in [2.75, 3.05) is 19.6 Å². The van der Waals surface area contributed by atoms with Gasteiger partial charge in [-0.05, 0) is 12.5 Å². The van der Waals surface area contributed by atoms with Crippen LogP contribution in [-0.2, 0) is 9.59 Å². The predicted molar refractivity (Wildman–Crippen MR) is 81.7 cm³/mol. The maximum absolute atomic E-state index is 12.5. The average Bonchev–Trinajstić information content (AvgIpc) is 2.47. The second-order valence-corrected chi connectivity index (χ2v) is 5.56. The lowest BCUT2D eigenvalue weighted by Gasteiger charge is -2.33. The van der Waals surface area contributed by atoms with Crippen molar-refractivity contribution in [1.29, 1.82) is 0 Å². The van der Waals surface area contributed by atoms with E-state index in [1.54, 1.807) is 0 Å². The molecule has 1 heterocycles. The molecule has 1 aromatic carbocycles. The summed E-state index contributed by atoms with van der Waals surface area (Å²) in [4.78, 5) is 25.7. The van der Waals surface area contributed by atoms with Crippen molar-refractivity contribution in [2.24, 2.45) is 0 Å². The van der Waals surface area contributed by atoms with Crippen molar-refractivity contribution in [2.45, 2.75) is 32.4 Å². The smallest absolute Gasteiger partial charge is 0.225 e. The van der Waals surface area contributed by atoms with Crippen LogP contribution in [0.2, 0.25) is 0 Å². The van der Waals surface area contributed by atoms with E-state index in [1.807, 2.05) is 35.2 Å². The highest BCUT2D eigenvalue weighted by Crippen LogP contribution is 2.18. The molecule has 0 aliphatic carbocycles. The summed E-state index contributed by atoms with van der Waals surface area (Å²) in [7, 11) is 0. The summed E-state index contributed by atoms with van der Waals surface area (Å²) in [6.07, 6.45) is 0.302. The molecule has 2 unspecified atom stereocenters. The number of carbonyl (C=O) groups excluding carboxylic acids is 2. The third-order valence-electron chi connectivity index (χ3n) is 3.68. The minimum atomic E-state index is -0.263. The molecule has 1 aliphatic heterocycles. The molecule has 5 heteroatoms. The Morgan fingerprint density at radius 2 is 2.10 bits per heavy atom. The molecule has 0 radical (unpaired) electrons. The number of piperazine rings is 1. The topological polar surface area (TPSA) is 61.4 Å². The Hall–Kier alpha value is -1.88. The van der Waals surface area contributed by atoms with Crippen LogP contribution in [0.3, 0.4) is 0 Å². The van der Waals surface area contributed by atoms with E-state index < -0.39 is 0 Å². The molecule has 0 bridgehead atoms. The minimum absolute atomic E-state index is 0.0888. The monoisotopic (exact) mass is 289 g/mol. The Balaban J connectivity index is 2.04. The Kier molecular flexibility index (Phi) is 5.33. The first-order valence-corrected chi connectivity index (χ1v) is 7.39. The van der Waals surface area contributed by atoms with Crippen LogP contribution in [0.25, 0.3) is 0 Å². The van der Waals surface area contributed by atoms with E-state index in [-0.39, 0.29) is 17.9 Å². The average molecular weight is 289 g/mol.